The summed E-state index contributed by atoms with van der Waals surface area (Å²) in [6.45, 7) is 0.859. The zero-order valence-electron chi connectivity index (χ0n) is 14.2. The predicted molar refractivity (Wildman–Crippen MR) is 93.9 cm³/mol. The second-order valence-corrected chi connectivity index (χ2v) is 7.00. The van der Waals surface area contributed by atoms with Gasteiger partial charge in [0.2, 0.25) is 10.0 Å². The minimum Gasteiger partial charge on any atom is -0.482 e. The van der Waals surface area contributed by atoms with Crippen molar-refractivity contribution in [3.63, 3.8) is 0 Å². The monoisotopic (exact) mass is 396 g/mol. The lowest BCUT2D eigenvalue weighted by atomic mass is 10.3. The molecule has 0 bridgehead atoms. The van der Waals surface area contributed by atoms with E-state index < -0.39 is 40.4 Å². The first-order valence-electron chi connectivity index (χ1n) is 7.67. The molecule has 0 aromatic heterocycles. The number of carbonyl (C=O) groups excluding carboxylic acids is 2. The molecular formula is C17H17FN2O6S. The van der Waals surface area contributed by atoms with Gasteiger partial charge in [-0.2, -0.15) is 0 Å². The fourth-order valence-corrected chi connectivity index (χ4v) is 2.47. The van der Waals surface area contributed by atoms with E-state index in [4.69, 9.17) is 14.6 Å². The molecule has 0 unspecified atom stereocenters. The van der Waals surface area contributed by atoms with Crippen LogP contribution < -0.4 is 15.2 Å². The molecule has 1 atom stereocenters. The average molecular weight is 396 g/mol. The summed E-state index contributed by atoms with van der Waals surface area (Å²) in [5.74, 6) is -1.80. The van der Waals surface area contributed by atoms with Crippen molar-refractivity contribution in [2.75, 3.05) is 11.9 Å². The van der Waals surface area contributed by atoms with E-state index in [0.717, 1.165) is 6.07 Å². The summed E-state index contributed by atoms with van der Waals surface area (Å²) in [5.41, 5.74) is 0.298. The Morgan fingerprint density at radius 2 is 1.85 bits per heavy atom. The molecule has 2 rings (SSSR count). The van der Waals surface area contributed by atoms with Crippen molar-refractivity contribution in [2.24, 2.45) is 5.14 Å². The maximum Gasteiger partial charge on any atom is 0.344 e. The Kier molecular flexibility index (Phi) is 6.48. The number of esters is 1. The number of hydrogen-bond acceptors (Lipinski definition) is 6. The smallest absolute Gasteiger partial charge is 0.344 e. The summed E-state index contributed by atoms with van der Waals surface area (Å²) in [6, 6.07) is 10.4. The van der Waals surface area contributed by atoms with Gasteiger partial charge in [0, 0.05) is 11.8 Å². The molecule has 0 heterocycles. The largest absolute Gasteiger partial charge is 0.482 e. The van der Waals surface area contributed by atoms with Gasteiger partial charge in [-0.3, -0.25) is 4.79 Å². The van der Waals surface area contributed by atoms with E-state index in [1.54, 1.807) is 0 Å². The van der Waals surface area contributed by atoms with Crippen LogP contribution in [0.15, 0.2) is 53.4 Å². The molecule has 1 amide bonds. The molecule has 0 saturated carbocycles. The Labute approximate surface area is 155 Å². The number of ether oxygens (including phenoxy) is 2. The second-order valence-electron chi connectivity index (χ2n) is 5.44. The zero-order chi connectivity index (χ0) is 20.0. The lowest BCUT2D eigenvalue weighted by molar-refractivity contribution is -0.155. The number of carbonyl (C=O) groups is 2. The Morgan fingerprint density at radius 1 is 1.19 bits per heavy atom. The van der Waals surface area contributed by atoms with Crippen molar-refractivity contribution >= 4 is 27.6 Å². The van der Waals surface area contributed by atoms with E-state index in [2.05, 4.69) is 5.32 Å². The summed E-state index contributed by atoms with van der Waals surface area (Å²) in [7, 11) is -3.83. The molecule has 2 aromatic carbocycles. The maximum atomic E-state index is 13.0. The molecule has 144 valence electrons. The molecule has 27 heavy (non-hydrogen) atoms. The van der Waals surface area contributed by atoms with Crippen LogP contribution in [0.3, 0.4) is 0 Å². The molecule has 8 nitrogen and oxygen atoms in total. The Hall–Kier alpha value is -2.98. The molecule has 10 heteroatoms. The van der Waals surface area contributed by atoms with Crippen molar-refractivity contribution in [1.29, 1.82) is 0 Å². The number of sulfonamides is 1. The van der Waals surface area contributed by atoms with E-state index in [-0.39, 0.29) is 10.6 Å². The van der Waals surface area contributed by atoms with E-state index in [0.29, 0.717) is 5.69 Å². The van der Waals surface area contributed by atoms with Crippen LogP contribution in [0.4, 0.5) is 10.1 Å². The van der Waals surface area contributed by atoms with E-state index >= 15 is 0 Å². The second kappa shape index (κ2) is 8.60. The molecule has 3 N–H and O–H groups in total. The van der Waals surface area contributed by atoms with Gasteiger partial charge in [0.05, 0.1) is 4.90 Å². The number of benzene rings is 2. The van der Waals surface area contributed by atoms with E-state index in [1.807, 2.05) is 0 Å². The fourth-order valence-electron chi connectivity index (χ4n) is 1.96. The highest BCUT2D eigenvalue weighted by molar-refractivity contribution is 7.89. The lowest BCUT2D eigenvalue weighted by Gasteiger charge is -2.14. The lowest BCUT2D eigenvalue weighted by Crippen LogP contribution is -2.31. The van der Waals surface area contributed by atoms with Gasteiger partial charge in [0.15, 0.2) is 12.7 Å². The summed E-state index contributed by atoms with van der Waals surface area (Å²) < 4.78 is 45.4. The molecule has 0 fully saturated rings. The normalized spacial score (nSPS) is 12.1. The summed E-state index contributed by atoms with van der Waals surface area (Å²) in [6.07, 6.45) is -1.13. The molecular weight excluding hydrogens is 379 g/mol. The highest BCUT2D eigenvalue weighted by atomic mass is 32.2. The van der Waals surface area contributed by atoms with Gasteiger partial charge in [-0.25, -0.2) is 22.7 Å². The van der Waals surface area contributed by atoms with Gasteiger partial charge in [0.25, 0.3) is 5.91 Å². The standard InChI is InChI=1S/C17H17FN2O6S/c1-11(26-16(21)10-25-14-4-2-3-12(18)9-14)17(22)20-13-5-7-15(8-6-13)27(19,23)24/h2-9,11H,10H2,1H3,(H,20,22)(H2,19,23,24)/t11-/m0/s1. The number of primary sulfonamides is 1. The zero-order valence-corrected chi connectivity index (χ0v) is 15.0. The van der Waals surface area contributed by atoms with Crippen LogP contribution in [0.25, 0.3) is 0 Å². The molecule has 0 spiro atoms. The van der Waals surface area contributed by atoms with Crippen molar-refractivity contribution < 1.29 is 31.9 Å². The number of halogens is 1. The minimum absolute atomic E-state index is 0.102. The van der Waals surface area contributed by atoms with Gasteiger partial charge >= 0.3 is 5.97 Å². The summed E-state index contributed by atoms with van der Waals surface area (Å²) in [5, 5.41) is 7.45. The third kappa shape index (κ3) is 6.35. The van der Waals surface area contributed by atoms with Crippen molar-refractivity contribution in [1.82, 2.24) is 0 Å². The van der Waals surface area contributed by atoms with Crippen molar-refractivity contribution in [2.45, 2.75) is 17.9 Å². The number of rotatable bonds is 7. The number of nitrogens with one attached hydrogen (secondary N) is 1. The van der Waals surface area contributed by atoms with Crippen LogP contribution in [0, 0.1) is 5.82 Å². The predicted octanol–water partition coefficient (Wildman–Crippen LogP) is 1.42. The number of nitrogens with two attached hydrogens (primary N) is 1. The molecule has 2 aromatic rings. The Bertz CT molecular complexity index is 931. The number of amides is 1. The van der Waals surface area contributed by atoms with Crippen LogP contribution in [-0.2, 0) is 24.3 Å². The third-order valence-electron chi connectivity index (χ3n) is 3.28. The quantitative estimate of drug-likeness (QED) is 0.682. The van der Waals surface area contributed by atoms with Gasteiger partial charge in [-0.05, 0) is 43.3 Å². The fraction of sp³-hybridized carbons (Fsp3) is 0.176. The maximum absolute atomic E-state index is 13.0. The van der Waals surface area contributed by atoms with Crippen LogP contribution in [0.1, 0.15) is 6.92 Å². The van der Waals surface area contributed by atoms with Crippen molar-refractivity contribution in [3.05, 3.63) is 54.3 Å². The van der Waals surface area contributed by atoms with Crippen LogP contribution in [-0.4, -0.2) is 33.0 Å². The van der Waals surface area contributed by atoms with Crippen LogP contribution >= 0.6 is 0 Å². The third-order valence-corrected chi connectivity index (χ3v) is 4.21. The van der Waals surface area contributed by atoms with E-state index in [9.17, 15) is 22.4 Å². The molecule has 0 radical (unpaired) electrons. The summed E-state index contributed by atoms with van der Waals surface area (Å²) in [4.78, 5) is 23.6. The Morgan fingerprint density at radius 3 is 2.44 bits per heavy atom. The topological polar surface area (TPSA) is 125 Å². The summed E-state index contributed by atoms with van der Waals surface area (Å²) >= 11 is 0. The van der Waals surface area contributed by atoms with Gasteiger partial charge in [-0.15, -0.1) is 0 Å². The van der Waals surface area contributed by atoms with Crippen LogP contribution in [0.2, 0.25) is 0 Å². The molecule has 0 aliphatic rings. The SMILES string of the molecule is C[C@H](OC(=O)COc1cccc(F)c1)C(=O)Nc1ccc(S(N)(=O)=O)cc1. The number of hydrogen-bond donors (Lipinski definition) is 2. The van der Waals surface area contributed by atoms with Crippen LogP contribution in [0.5, 0.6) is 5.75 Å². The Balaban J connectivity index is 1.84. The highest BCUT2D eigenvalue weighted by Gasteiger charge is 2.18. The first-order valence-corrected chi connectivity index (χ1v) is 9.21. The first-order chi connectivity index (χ1) is 12.6. The molecule has 0 aliphatic carbocycles. The minimum atomic E-state index is -3.83. The average Bonchev–Trinajstić information content (AvgIpc) is 2.59. The first kappa shape index (κ1) is 20.3. The molecule has 0 saturated heterocycles. The van der Waals surface area contributed by atoms with Gasteiger partial charge in [-0.1, -0.05) is 6.07 Å². The molecule has 0 aliphatic heterocycles. The van der Waals surface area contributed by atoms with Gasteiger partial charge < -0.3 is 14.8 Å². The van der Waals surface area contributed by atoms with Gasteiger partial charge in [0.1, 0.15) is 11.6 Å². The van der Waals surface area contributed by atoms with E-state index in [1.165, 1.54) is 49.4 Å². The highest BCUT2D eigenvalue weighted by Crippen LogP contribution is 2.14. The number of anilines is 1. The van der Waals surface area contributed by atoms with Crippen molar-refractivity contribution in [3.8, 4) is 5.75 Å².